The van der Waals surface area contributed by atoms with Gasteiger partial charge in [0, 0.05) is 34.1 Å². The van der Waals surface area contributed by atoms with Crippen molar-refractivity contribution < 1.29 is 23.9 Å². The van der Waals surface area contributed by atoms with Crippen molar-refractivity contribution in [2.24, 2.45) is 67.8 Å². The van der Waals surface area contributed by atoms with Crippen LogP contribution in [-0.4, -0.2) is 57.3 Å². The fourth-order valence-corrected chi connectivity index (χ4v) is 13.1. The normalized spacial score (nSPS) is 40.3. The summed E-state index contributed by atoms with van der Waals surface area (Å²) >= 11 is 0. The van der Waals surface area contributed by atoms with E-state index in [1.165, 1.54) is 5.57 Å². The van der Waals surface area contributed by atoms with Crippen molar-refractivity contribution in [2.75, 3.05) is 19.8 Å². The van der Waals surface area contributed by atoms with Gasteiger partial charge in [0.25, 0.3) is 0 Å². The quantitative estimate of drug-likeness (QED) is 0.195. The van der Waals surface area contributed by atoms with Gasteiger partial charge in [-0.3, -0.25) is 4.79 Å². The molecule has 0 aromatic carbocycles. The first kappa shape index (κ1) is 40.6. The molecular formula is C46H72N5O4+. The van der Waals surface area contributed by atoms with Crippen molar-refractivity contribution in [3.63, 3.8) is 0 Å². The monoisotopic (exact) mass is 759 g/mol. The number of aliphatic carboxylic acids is 1. The van der Waals surface area contributed by atoms with Gasteiger partial charge in [-0.05, 0) is 97.7 Å². The average molecular weight is 759 g/mol. The summed E-state index contributed by atoms with van der Waals surface area (Å²) < 4.78 is 18.4. The number of allylic oxidation sites excluding steroid dienone is 1. The third kappa shape index (κ3) is 5.85. The molecule has 2 aromatic heterocycles. The first-order chi connectivity index (χ1) is 25.6. The third-order valence-corrected chi connectivity index (χ3v) is 17.8. The summed E-state index contributed by atoms with van der Waals surface area (Å²) in [4.78, 5) is 18.5. The summed E-state index contributed by atoms with van der Waals surface area (Å²) in [5.41, 5.74) is 7.55. The second kappa shape index (κ2) is 13.5. The minimum atomic E-state index is -0.621. The Bertz CT molecular complexity index is 1800. The number of pyridine rings is 1. The van der Waals surface area contributed by atoms with E-state index in [2.05, 4.69) is 123 Å². The number of aryl methyl sites for hydroxylation is 1. The molecule has 4 fully saturated rings. The molecule has 3 saturated carbocycles. The van der Waals surface area contributed by atoms with Gasteiger partial charge in [0.2, 0.25) is 0 Å². The highest BCUT2D eigenvalue weighted by atomic mass is 16.5. The second-order valence-corrected chi connectivity index (χ2v) is 21.5. The van der Waals surface area contributed by atoms with Gasteiger partial charge < -0.3 is 20.3 Å². The van der Waals surface area contributed by atoms with E-state index < -0.39 is 17.4 Å². The lowest BCUT2D eigenvalue weighted by Gasteiger charge is -2.71. The highest BCUT2D eigenvalue weighted by Gasteiger charge is 2.72. The van der Waals surface area contributed by atoms with Crippen LogP contribution in [0.1, 0.15) is 128 Å². The summed E-state index contributed by atoms with van der Waals surface area (Å²) in [6.07, 6.45) is 14.0. The lowest BCUT2D eigenvalue weighted by atomic mass is 9.34. The summed E-state index contributed by atoms with van der Waals surface area (Å²) in [5, 5.41) is 16.2. The standard InChI is InChI=1S/C46H71N5O4/c1-13-50-22-17-31(18-23-50)38-48-28-49-51(38)34-24-46-27-54-25-42(9,37(34)55-26-45(12,47)40(5,6)7)35(46)15-14-32-33(46)16-19-44(11)36(39(52)53)41(8,30(4)29(2)3)20-21-43(32,44)10/h16-18,22-23,28-30,32,34-37H,13-15,19-21,24-27,47H2,1-12H3/p+1/t30-,32+,34-,35+,36-,37+,41-,42-,43-,44+,45+,46+/m1/s1. The molecule has 0 amide bonds. The van der Waals surface area contributed by atoms with E-state index in [4.69, 9.17) is 25.3 Å². The molecule has 2 aromatic rings. The lowest BCUT2D eigenvalue weighted by Crippen LogP contribution is -2.69. The van der Waals surface area contributed by atoms with E-state index in [1.54, 1.807) is 6.33 Å². The maximum atomic E-state index is 13.6. The Kier molecular flexibility index (Phi) is 9.94. The Morgan fingerprint density at radius 1 is 1.07 bits per heavy atom. The Morgan fingerprint density at radius 2 is 1.76 bits per heavy atom. The van der Waals surface area contributed by atoms with Gasteiger partial charge >= 0.3 is 5.97 Å². The summed E-state index contributed by atoms with van der Waals surface area (Å²) in [7, 11) is 0. The Labute approximate surface area is 331 Å². The molecule has 4 aliphatic carbocycles. The van der Waals surface area contributed by atoms with Crippen molar-refractivity contribution in [3.8, 4) is 11.4 Å². The fourth-order valence-electron chi connectivity index (χ4n) is 13.1. The van der Waals surface area contributed by atoms with Crippen LogP contribution in [-0.2, 0) is 20.8 Å². The molecule has 12 atom stereocenters. The predicted octanol–water partition coefficient (Wildman–Crippen LogP) is 8.53. The van der Waals surface area contributed by atoms with Crippen molar-refractivity contribution in [3.05, 3.63) is 42.5 Å². The zero-order valence-corrected chi connectivity index (χ0v) is 36.1. The molecule has 7 rings (SSSR count). The summed E-state index contributed by atoms with van der Waals surface area (Å²) in [5.74, 6) is 1.17. The number of carboxylic acid groups (broad SMARTS) is 1. The van der Waals surface area contributed by atoms with Crippen molar-refractivity contribution in [2.45, 2.75) is 146 Å². The van der Waals surface area contributed by atoms with E-state index >= 15 is 0 Å². The lowest BCUT2D eigenvalue weighted by molar-refractivity contribution is -0.693. The minimum Gasteiger partial charge on any atom is -0.481 e. The summed E-state index contributed by atoms with van der Waals surface area (Å²) in [6, 6.07) is 4.18. The maximum absolute atomic E-state index is 13.6. The van der Waals surface area contributed by atoms with Crippen LogP contribution >= 0.6 is 0 Å². The Balaban J connectivity index is 1.35. The van der Waals surface area contributed by atoms with Gasteiger partial charge in [0.1, 0.15) is 12.9 Å². The van der Waals surface area contributed by atoms with Crippen LogP contribution in [0.5, 0.6) is 0 Å². The zero-order chi connectivity index (χ0) is 40.1. The minimum absolute atomic E-state index is 0.106. The molecular weight excluding hydrogens is 687 g/mol. The Morgan fingerprint density at radius 3 is 2.38 bits per heavy atom. The first-order valence-corrected chi connectivity index (χ1v) is 21.4. The second-order valence-electron chi connectivity index (χ2n) is 21.5. The summed E-state index contributed by atoms with van der Waals surface area (Å²) in [6.45, 7) is 29.8. The number of aromatic nitrogens is 4. The van der Waals surface area contributed by atoms with Crippen molar-refractivity contribution in [1.82, 2.24) is 14.8 Å². The van der Waals surface area contributed by atoms with Crippen molar-refractivity contribution in [1.29, 1.82) is 0 Å². The van der Waals surface area contributed by atoms with Gasteiger partial charge in [-0.1, -0.05) is 80.9 Å². The van der Waals surface area contributed by atoms with Crippen LogP contribution in [0, 0.1) is 62.1 Å². The number of hydrogen-bond donors (Lipinski definition) is 2. The van der Waals surface area contributed by atoms with Crippen LogP contribution in [0.25, 0.3) is 11.4 Å². The van der Waals surface area contributed by atoms with Gasteiger partial charge in [-0.15, -0.1) is 0 Å². The van der Waals surface area contributed by atoms with Gasteiger partial charge in [0.15, 0.2) is 18.2 Å². The van der Waals surface area contributed by atoms with E-state index in [1.807, 2.05) is 0 Å². The largest absolute Gasteiger partial charge is 0.481 e. The molecule has 2 bridgehead atoms. The number of nitrogens with two attached hydrogens (primary N) is 1. The number of hydrogen-bond acceptors (Lipinski definition) is 6. The van der Waals surface area contributed by atoms with E-state index in [9.17, 15) is 9.90 Å². The number of rotatable bonds is 9. The SMILES string of the molecule is CC[n+]1ccc(-c2ncnn2[C@@H]2C[C@@]34COC[C@](C)([C@@H]3CC[C@H]3C4=CC[C@@]4(C)[C@H](C(=O)O)[C@@](C)([C@H](C)C(C)C)CC[C@]34C)[C@H]2OC[C@](C)(N)C(C)(C)C)cc1. The van der Waals surface area contributed by atoms with Gasteiger partial charge in [-0.25, -0.2) is 14.2 Å². The molecule has 1 aliphatic heterocycles. The smallest absolute Gasteiger partial charge is 0.307 e. The number of nitrogens with zero attached hydrogens (tertiary/aromatic N) is 4. The van der Waals surface area contributed by atoms with Crippen molar-refractivity contribution >= 4 is 5.97 Å². The van der Waals surface area contributed by atoms with Crippen LogP contribution in [0.3, 0.4) is 0 Å². The number of carbonyl (C=O) groups is 1. The van der Waals surface area contributed by atoms with Crippen LogP contribution in [0.4, 0.5) is 0 Å². The number of carboxylic acids is 1. The van der Waals surface area contributed by atoms with Crippen LogP contribution < -0.4 is 10.3 Å². The molecule has 3 N–H and O–H groups in total. The first-order valence-electron chi connectivity index (χ1n) is 21.4. The molecule has 0 spiro atoms. The molecule has 9 heteroatoms. The van der Waals surface area contributed by atoms with Crippen LogP contribution in [0.2, 0.25) is 0 Å². The van der Waals surface area contributed by atoms with Crippen LogP contribution in [0.15, 0.2) is 42.5 Å². The zero-order valence-electron chi connectivity index (χ0n) is 36.1. The molecule has 0 radical (unpaired) electrons. The molecule has 9 nitrogen and oxygen atoms in total. The highest BCUT2D eigenvalue weighted by Crippen LogP contribution is 2.75. The predicted molar refractivity (Wildman–Crippen MR) is 216 cm³/mol. The maximum Gasteiger partial charge on any atom is 0.307 e. The molecule has 1 saturated heterocycles. The molecule has 0 unspecified atom stereocenters. The molecule has 5 aliphatic rings. The Hall–Kier alpha value is -2.62. The van der Waals surface area contributed by atoms with Gasteiger partial charge in [-0.2, -0.15) is 5.10 Å². The molecule has 55 heavy (non-hydrogen) atoms. The van der Waals surface area contributed by atoms with E-state index in [-0.39, 0.29) is 50.6 Å². The number of fused-ring (bicyclic) bond motifs is 3. The molecule has 3 heterocycles. The third-order valence-electron chi connectivity index (χ3n) is 17.8. The van der Waals surface area contributed by atoms with E-state index in [0.717, 1.165) is 56.5 Å². The van der Waals surface area contributed by atoms with E-state index in [0.29, 0.717) is 37.6 Å². The average Bonchev–Trinajstić information content (AvgIpc) is 3.60. The fraction of sp³-hybridized carbons (Fsp3) is 0.783. The molecule has 304 valence electrons. The van der Waals surface area contributed by atoms with Gasteiger partial charge in [0.05, 0.1) is 37.9 Å². The highest BCUT2D eigenvalue weighted by molar-refractivity contribution is 5.73. The number of ether oxygens (including phenoxy) is 2. The topological polar surface area (TPSA) is 116 Å².